The SMILES string of the molecule is NC1CCCCCN1S(=O)(=O)C1CCCC1. The van der Waals surface area contributed by atoms with Crippen molar-refractivity contribution in [2.45, 2.75) is 62.8 Å². The maximum absolute atomic E-state index is 12.4. The van der Waals surface area contributed by atoms with Crippen molar-refractivity contribution in [1.82, 2.24) is 4.31 Å². The van der Waals surface area contributed by atoms with Crippen LogP contribution in [0.1, 0.15) is 51.4 Å². The van der Waals surface area contributed by atoms with Gasteiger partial charge >= 0.3 is 0 Å². The average molecular weight is 246 g/mol. The summed E-state index contributed by atoms with van der Waals surface area (Å²) in [6, 6.07) is 0. The Bertz CT molecular complexity index is 323. The number of sulfonamides is 1. The standard InChI is InChI=1S/C11H22N2O2S/c12-11-8-2-1-5-9-13(11)16(14,15)10-6-3-4-7-10/h10-11H,1-9,12H2. The van der Waals surface area contributed by atoms with E-state index in [1.54, 1.807) is 4.31 Å². The molecule has 1 saturated heterocycles. The van der Waals surface area contributed by atoms with E-state index in [1.165, 1.54) is 0 Å². The van der Waals surface area contributed by atoms with Gasteiger partial charge in [-0.05, 0) is 25.7 Å². The molecule has 0 bridgehead atoms. The van der Waals surface area contributed by atoms with E-state index in [1.807, 2.05) is 0 Å². The summed E-state index contributed by atoms with van der Waals surface area (Å²) in [6.45, 7) is 0.625. The Morgan fingerprint density at radius 2 is 1.56 bits per heavy atom. The molecule has 1 atom stereocenters. The Balaban J connectivity index is 2.13. The molecule has 0 aromatic carbocycles. The number of nitrogens with two attached hydrogens (primary N) is 1. The predicted octanol–water partition coefficient (Wildman–Crippen LogP) is 1.42. The van der Waals surface area contributed by atoms with Crippen molar-refractivity contribution in [1.29, 1.82) is 0 Å². The van der Waals surface area contributed by atoms with Gasteiger partial charge in [0.05, 0.1) is 11.4 Å². The monoisotopic (exact) mass is 246 g/mol. The molecule has 5 heteroatoms. The van der Waals surface area contributed by atoms with E-state index in [2.05, 4.69) is 0 Å². The van der Waals surface area contributed by atoms with Crippen LogP contribution in [0, 0.1) is 0 Å². The number of hydrogen-bond donors (Lipinski definition) is 1. The molecule has 1 aliphatic carbocycles. The fraction of sp³-hybridized carbons (Fsp3) is 1.00. The molecule has 16 heavy (non-hydrogen) atoms. The number of hydrogen-bond acceptors (Lipinski definition) is 3. The molecule has 0 aromatic heterocycles. The second-order valence-corrected chi connectivity index (χ2v) is 7.14. The minimum atomic E-state index is -3.13. The van der Waals surface area contributed by atoms with E-state index in [9.17, 15) is 8.42 Å². The first-order valence-electron chi connectivity index (χ1n) is 6.38. The number of nitrogens with zero attached hydrogens (tertiary/aromatic N) is 1. The second kappa shape index (κ2) is 5.02. The minimum absolute atomic E-state index is 0.156. The minimum Gasteiger partial charge on any atom is -0.315 e. The molecule has 0 spiro atoms. The topological polar surface area (TPSA) is 63.4 Å². The van der Waals surface area contributed by atoms with Crippen molar-refractivity contribution in [2.24, 2.45) is 5.73 Å². The van der Waals surface area contributed by atoms with Crippen molar-refractivity contribution < 1.29 is 8.42 Å². The molecule has 4 nitrogen and oxygen atoms in total. The first kappa shape index (κ1) is 12.3. The maximum atomic E-state index is 12.4. The van der Waals surface area contributed by atoms with Crippen molar-refractivity contribution in [3.05, 3.63) is 0 Å². The van der Waals surface area contributed by atoms with Gasteiger partial charge in [-0.1, -0.05) is 25.7 Å². The van der Waals surface area contributed by atoms with Gasteiger partial charge in [-0.3, -0.25) is 0 Å². The molecule has 2 aliphatic rings. The van der Waals surface area contributed by atoms with Crippen LogP contribution in [-0.4, -0.2) is 30.7 Å². The molecule has 0 radical (unpaired) electrons. The van der Waals surface area contributed by atoms with Gasteiger partial charge in [0.1, 0.15) is 0 Å². The zero-order valence-electron chi connectivity index (χ0n) is 9.77. The van der Waals surface area contributed by atoms with Crippen LogP contribution in [0.3, 0.4) is 0 Å². The quantitative estimate of drug-likeness (QED) is 0.801. The lowest BCUT2D eigenvalue weighted by molar-refractivity contribution is 0.325. The van der Waals surface area contributed by atoms with Gasteiger partial charge in [0.2, 0.25) is 10.0 Å². The van der Waals surface area contributed by atoms with Crippen molar-refractivity contribution in [3.63, 3.8) is 0 Å². The highest BCUT2D eigenvalue weighted by molar-refractivity contribution is 7.89. The molecule has 1 aliphatic heterocycles. The highest BCUT2D eigenvalue weighted by atomic mass is 32.2. The van der Waals surface area contributed by atoms with Gasteiger partial charge in [0.25, 0.3) is 0 Å². The van der Waals surface area contributed by atoms with Gasteiger partial charge in [0, 0.05) is 6.54 Å². The van der Waals surface area contributed by atoms with E-state index in [0.717, 1.165) is 51.4 Å². The Kier molecular flexibility index (Phi) is 3.87. The molecule has 1 heterocycles. The van der Waals surface area contributed by atoms with E-state index in [0.29, 0.717) is 6.54 Å². The van der Waals surface area contributed by atoms with Gasteiger partial charge in [0.15, 0.2) is 0 Å². The Labute approximate surface area is 98.2 Å². The largest absolute Gasteiger partial charge is 0.315 e. The lowest BCUT2D eigenvalue weighted by Gasteiger charge is -2.28. The third-order valence-corrected chi connectivity index (χ3v) is 6.22. The summed E-state index contributed by atoms with van der Waals surface area (Å²) < 4.78 is 26.4. The van der Waals surface area contributed by atoms with Crippen LogP contribution < -0.4 is 5.73 Å². The maximum Gasteiger partial charge on any atom is 0.218 e. The zero-order valence-corrected chi connectivity index (χ0v) is 10.6. The molecule has 0 aromatic rings. The Morgan fingerprint density at radius 3 is 2.25 bits per heavy atom. The average Bonchev–Trinajstić information content (AvgIpc) is 2.69. The van der Waals surface area contributed by atoms with Gasteiger partial charge in [-0.25, -0.2) is 8.42 Å². The van der Waals surface area contributed by atoms with Crippen molar-refractivity contribution >= 4 is 10.0 Å². The fourth-order valence-electron chi connectivity index (χ4n) is 2.80. The molecule has 2 fully saturated rings. The molecular weight excluding hydrogens is 224 g/mol. The van der Waals surface area contributed by atoms with Crippen LogP contribution in [-0.2, 0) is 10.0 Å². The van der Waals surface area contributed by atoms with Crippen LogP contribution in [0.4, 0.5) is 0 Å². The Hall–Kier alpha value is -0.130. The van der Waals surface area contributed by atoms with E-state index in [4.69, 9.17) is 5.73 Å². The van der Waals surface area contributed by atoms with E-state index in [-0.39, 0.29) is 11.4 Å². The van der Waals surface area contributed by atoms with Crippen LogP contribution >= 0.6 is 0 Å². The summed E-state index contributed by atoms with van der Waals surface area (Å²) >= 11 is 0. The lowest BCUT2D eigenvalue weighted by Crippen LogP contribution is -2.48. The highest BCUT2D eigenvalue weighted by Crippen LogP contribution is 2.29. The molecular formula is C11H22N2O2S. The van der Waals surface area contributed by atoms with Crippen LogP contribution in [0.15, 0.2) is 0 Å². The predicted molar refractivity (Wildman–Crippen MR) is 64.3 cm³/mol. The zero-order chi connectivity index (χ0) is 11.6. The summed E-state index contributed by atoms with van der Waals surface area (Å²) in [5.74, 6) is 0. The first-order chi connectivity index (χ1) is 7.62. The molecule has 2 N–H and O–H groups in total. The van der Waals surface area contributed by atoms with Crippen molar-refractivity contribution in [3.8, 4) is 0 Å². The summed E-state index contributed by atoms with van der Waals surface area (Å²) in [5.41, 5.74) is 5.98. The van der Waals surface area contributed by atoms with Crippen molar-refractivity contribution in [2.75, 3.05) is 6.54 Å². The lowest BCUT2D eigenvalue weighted by atomic mass is 10.2. The fourth-order valence-corrected chi connectivity index (χ4v) is 4.98. The smallest absolute Gasteiger partial charge is 0.218 e. The second-order valence-electron chi connectivity index (χ2n) is 4.98. The summed E-state index contributed by atoms with van der Waals surface area (Å²) in [6.07, 6.45) is 7.39. The number of rotatable bonds is 2. The van der Waals surface area contributed by atoms with Gasteiger partial charge < -0.3 is 5.73 Å². The van der Waals surface area contributed by atoms with Crippen LogP contribution in [0.5, 0.6) is 0 Å². The highest BCUT2D eigenvalue weighted by Gasteiger charge is 2.36. The molecule has 1 unspecified atom stereocenters. The van der Waals surface area contributed by atoms with Gasteiger partial charge in [-0.2, -0.15) is 4.31 Å². The van der Waals surface area contributed by atoms with Gasteiger partial charge in [-0.15, -0.1) is 0 Å². The molecule has 1 saturated carbocycles. The normalized spacial score (nSPS) is 30.4. The van der Waals surface area contributed by atoms with E-state index < -0.39 is 10.0 Å². The van der Waals surface area contributed by atoms with Crippen LogP contribution in [0.2, 0.25) is 0 Å². The molecule has 94 valence electrons. The molecule has 0 amide bonds. The summed E-state index contributed by atoms with van der Waals surface area (Å²) in [7, 11) is -3.13. The Morgan fingerprint density at radius 1 is 0.938 bits per heavy atom. The van der Waals surface area contributed by atoms with Crippen LogP contribution in [0.25, 0.3) is 0 Å². The summed E-state index contributed by atoms with van der Waals surface area (Å²) in [4.78, 5) is 0. The third-order valence-electron chi connectivity index (χ3n) is 3.80. The summed E-state index contributed by atoms with van der Waals surface area (Å²) in [5, 5.41) is -0.156. The molecule has 2 rings (SSSR count). The third kappa shape index (κ3) is 2.41. The first-order valence-corrected chi connectivity index (χ1v) is 7.89. The van der Waals surface area contributed by atoms with E-state index >= 15 is 0 Å².